The van der Waals surface area contributed by atoms with E-state index >= 15 is 0 Å². The Labute approximate surface area is 238 Å². The number of carbonyl (C=O) groups is 1. The van der Waals surface area contributed by atoms with Crippen molar-refractivity contribution in [2.24, 2.45) is 0 Å². The van der Waals surface area contributed by atoms with Gasteiger partial charge in [-0.3, -0.25) is 0 Å². The highest BCUT2D eigenvalue weighted by atomic mass is 35.5. The zero-order valence-corrected chi connectivity index (χ0v) is 22.4. The predicted octanol–water partition coefficient (Wildman–Crippen LogP) is 5.14. The average molecular weight is 575 g/mol. The van der Waals surface area contributed by atoms with Crippen LogP contribution in [-0.2, 0) is 17.9 Å². The van der Waals surface area contributed by atoms with Gasteiger partial charge >= 0.3 is 5.97 Å². The van der Waals surface area contributed by atoms with Crippen LogP contribution in [0.5, 0.6) is 5.88 Å². The molecular weight excluding hydrogens is 551 g/mol. The van der Waals surface area contributed by atoms with Gasteiger partial charge in [0.05, 0.1) is 18.8 Å². The number of aromatic carboxylic acids is 1. The predicted molar refractivity (Wildman–Crippen MR) is 146 cm³/mol. The molecule has 2 aliphatic rings. The van der Waals surface area contributed by atoms with Gasteiger partial charge < -0.3 is 19.1 Å². The van der Waals surface area contributed by atoms with Crippen LogP contribution in [0.1, 0.15) is 52.1 Å². The Morgan fingerprint density at radius 1 is 1.15 bits per heavy atom. The van der Waals surface area contributed by atoms with E-state index in [0.29, 0.717) is 40.0 Å². The first-order valence-corrected chi connectivity index (χ1v) is 13.6. The van der Waals surface area contributed by atoms with E-state index < -0.39 is 11.8 Å². The van der Waals surface area contributed by atoms with E-state index in [4.69, 9.17) is 26.1 Å². The van der Waals surface area contributed by atoms with Crippen LogP contribution >= 0.6 is 11.6 Å². The van der Waals surface area contributed by atoms with Crippen molar-refractivity contribution in [2.45, 2.75) is 43.9 Å². The standard InChI is InChI=1S/C29H24ClFN6O4/c30-18-5-4-16(22(31)10-18)15-41-26-3-1-2-25(35-26)37-13-17(12-32-37)20-11-21(20)27-33-23-6-7-24(29(38)39)34-28(23)36(27)14-19-8-9-40-19/h1-7,10,12-13,19-21H,8-9,11,14-15H2,(H,38,39). The summed E-state index contributed by atoms with van der Waals surface area (Å²) in [5, 5.41) is 14.3. The van der Waals surface area contributed by atoms with Gasteiger partial charge in [0, 0.05) is 35.4 Å². The minimum atomic E-state index is -1.07. The molecule has 1 aliphatic carbocycles. The lowest BCUT2D eigenvalue weighted by Crippen LogP contribution is -2.31. The van der Waals surface area contributed by atoms with E-state index in [1.165, 1.54) is 12.1 Å². The number of fused-ring (bicyclic) bond motifs is 1. The SMILES string of the molecule is O=C(O)c1ccc2nc(C3CC3c3cnn(-c4cccc(OCc5ccc(Cl)cc5F)n4)c3)n(CC3CCO3)c2n1. The summed E-state index contributed by atoms with van der Waals surface area (Å²) in [5.74, 6) is 0.640. The normalized spacial score (nSPS) is 19.7. The molecule has 3 unspecified atom stereocenters. The summed E-state index contributed by atoms with van der Waals surface area (Å²) in [6.07, 6.45) is 5.67. The molecule has 208 valence electrons. The molecule has 3 atom stereocenters. The number of ether oxygens (including phenoxy) is 2. The largest absolute Gasteiger partial charge is 0.477 e. The number of hydrogen-bond acceptors (Lipinski definition) is 7. The van der Waals surface area contributed by atoms with Gasteiger partial charge in [-0.05, 0) is 54.7 Å². The first kappa shape index (κ1) is 25.6. The summed E-state index contributed by atoms with van der Waals surface area (Å²) >= 11 is 5.83. The third-order valence-electron chi connectivity index (χ3n) is 7.51. The van der Waals surface area contributed by atoms with Crippen molar-refractivity contribution in [1.82, 2.24) is 29.3 Å². The van der Waals surface area contributed by atoms with E-state index in [1.807, 2.05) is 23.0 Å². The van der Waals surface area contributed by atoms with Crippen LogP contribution in [0.4, 0.5) is 4.39 Å². The summed E-state index contributed by atoms with van der Waals surface area (Å²) in [6.45, 7) is 1.33. The molecule has 0 spiro atoms. The number of imidazole rings is 1. The van der Waals surface area contributed by atoms with Crippen LogP contribution in [0, 0.1) is 5.82 Å². The Balaban J connectivity index is 1.10. The highest BCUT2D eigenvalue weighted by Gasteiger charge is 2.44. The number of carboxylic acid groups (broad SMARTS) is 1. The molecule has 41 heavy (non-hydrogen) atoms. The third-order valence-corrected chi connectivity index (χ3v) is 7.74. The second-order valence-corrected chi connectivity index (χ2v) is 10.7. The van der Waals surface area contributed by atoms with E-state index in [1.54, 1.807) is 35.0 Å². The molecule has 2 fully saturated rings. The van der Waals surface area contributed by atoms with E-state index in [2.05, 4.69) is 15.1 Å². The van der Waals surface area contributed by atoms with Gasteiger partial charge in [0.2, 0.25) is 5.88 Å². The second-order valence-electron chi connectivity index (χ2n) is 10.2. The fourth-order valence-electron chi connectivity index (χ4n) is 5.14. The zero-order chi connectivity index (χ0) is 28.1. The highest BCUT2D eigenvalue weighted by molar-refractivity contribution is 6.30. The lowest BCUT2D eigenvalue weighted by Gasteiger charge is -2.27. The molecule has 5 heterocycles. The summed E-state index contributed by atoms with van der Waals surface area (Å²) in [7, 11) is 0. The number of nitrogens with zero attached hydrogens (tertiary/aromatic N) is 6. The van der Waals surface area contributed by atoms with Gasteiger partial charge in [-0.1, -0.05) is 23.7 Å². The highest BCUT2D eigenvalue weighted by Crippen LogP contribution is 2.54. The first-order chi connectivity index (χ1) is 19.9. The molecule has 0 radical (unpaired) electrons. The second kappa shape index (κ2) is 10.2. The summed E-state index contributed by atoms with van der Waals surface area (Å²) in [4.78, 5) is 25.3. The number of benzene rings is 1. The molecule has 1 saturated carbocycles. The Kier molecular flexibility index (Phi) is 6.40. The molecule has 4 aromatic heterocycles. The van der Waals surface area contributed by atoms with Crippen molar-refractivity contribution < 1.29 is 23.8 Å². The molecule has 5 aromatic rings. The van der Waals surface area contributed by atoms with Gasteiger partial charge in [-0.25, -0.2) is 23.8 Å². The summed E-state index contributed by atoms with van der Waals surface area (Å²) < 4.78 is 29.2. The zero-order valence-electron chi connectivity index (χ0n) is 21.7. The maximum Gasteiger partial charge on any atom is 0.354 e. The fourth-order valence-corrected chi connectivity index (χ4v) is 5.30. The maximum atomic E-state index is 14.1. The molecule has 7 rings (SSSR count). The third kappa shape index (κ3) is 5.02. The van der Waals surface area contributed by atoms with E-state index in [-0.39, 0.29) is 30.2 Å². The fraction of sp³-hybridized carbons (Fsp3) is 0.276. The van der Waals surface area contributed by atoms with Gasteiger partial charge in [0.25, 0.3) is 0 Å². The van der Waals surface area contributed by atoms with Gasteiger partial charge in [-0.2, -0.15) is 10.1 Å². The molecule has 10 nitrogen and oxygen atoms in total. The Morgan fingerprint density at radius 2 is 2.02 bits per heavy atom. The van der Waals surface area contributed by atoms with Crippen molar-refractivity contribution in [2.75, 3.05) is 6.61 Å². The van der Waals surface area contributed by atoms with Gasteiger partial charge in [-0.15, -0.1) is 0 Å². The maximum absolute atomic E-state index is 14.1. The number of pyridine rings is 2. The van der Waals surface area contributed by atoms with Crippen LogP contribution in [0.3, 0.4) is 0 Å². The van der Waals surface area contributed by atoms with Gasteiger partial charge in [0.1, 0.15) is 23.8 Å². The molecule has 12 heteroatoms. The number of hydrogen-bond donors (Lipinski definition) is 1. The molecule has 0 bridgehead atoms. The Morgan fingerprint density at radius 3 is 2.80 bits per heavy atom. The van der Waals surface area contributed by atoms with Crippen molar-refractivity contribution in [3.8, 4) is 11.7 Å². The molecule has 1 saturated heterocycles. The van der Waals surface area contributed by atoms with E-state index in [0.717, 1.165) is 30.8 Å². The number of halogens is 2. The molecule has 1 aromatic carbocycles. The van der Waals surface area contributed by atoms with Gasteiger partial charge in [0.15, 0.2) is 17.2 Å². The molecule has 0 amide bonds. The van der Waals surface area contributed by atoms with Crippen LogP contribution in [-0.4, -0.2) is 53.1 Å². The summed E-state index contributed by atoms with van der Waals surface area (Å²) in [6, 6.07) is 13.0. The molecule has 1 aliphatic heterocycles. The van der Waals surface area contributed by atoms with Crippen molar-refractivity contribution in [3.05, 3.63) is 94.4 Å². The molecule has 1 N–H and O–H groups in total. The summed E-state index contributed by atoms with van der Waals surface area (Å²) in [5.41, 5.74) is 2.66. The number of rotatable bonds is 9. The van der Waals surface area contributed by atoms with Crippen LogP contribution in [0.15, 0.2) is 60.9 Å². The molecular formula is C29H24ClFN6O4. The first-order valence-electron chi connectivity index (χ1n) is 13.2. The Bertz CT molecular complexity index is 1780. The number of carboxylic acids is 1. The van der Waals surface area contributed by atoms with Crippen LogP contribution in [0.25, 0.3) is 17.0 Å². The topological polar surface area (TPSA) is 117 Å². The van der Waals surface area contributed by atoms with E-state index in [9.17, 15) is 14.3 Å². The lowest BCUT2D eigenvalue weighted by molar-refractivity contribution is -0.0590. The van der Waals surface area contributed by atoms with Crippen molar-refractivity contribution >= 4 is 28.7 Å². The van der Waals surface area contributed by atoms with Crippen molar-refractivity contribution in [1.29, 1.82) is 0 Å². The van der Waals surface area contributed by atoms with Crippen LogP contribution in [0.2, 0.25) is 5.02 Å². The quantitative estimate of drug-likeness (QED) is 0.257. The monoisotopic (exact) mass is 574 g/mol. The lowest BCUT2D eigenvalue weighted by atomic mass is 10.1. The smallest absolute Gasteiger partial charge is 0.354 e. The van der Waals surface area contributed by atoms with Crippen LogP contribution < -0.4 is 4.74 Å². The minimum Gasteiger partial charge on any atom is -0.477 e. The minimum absolute atomic E-state index is 0.00892. The van der Waals surface area contributed by atoms with Crippen molar-refractivity contribution in [3.63, 3.8) is 0 Å². The Hall–Kier alpha value is -4.35. The number of aromatic nitrogens is 6. The average Bonchev–Trinajstić information content (AvgIpc) is 3.42.